The Morgan fingerprint density at radius 2 is 2.00 bits per heavy atom. The van der Waals surface area contributed by atoms with E-state index in [0.29, 0.717) is 19.0 Å². The van der Waals surface area contributed by atoms with Crippen LogP contribution in [0.4, 0.5) is 0 Å². The van der Waals surface area contributed by atoms with Gasteiger partial charge in [0.1, 0.15) is 5.75 Å². The maximum absolute atomic E-state index is 12.7. The molecule has 0 aliphatic heterocycles. The molecule has 1 rings (SSSR count). The zero-order valence-electron chi connectivity index (χ0n) is 13.5. The van der Waals surface area contributed by atoms with E-state index < -0.39 is 0 Å². The summed E-state index contributed by atoms with van der Waals surface area (Å²) in [5.41, 5.74) is 6.73. The molecule has 0 spiro atoms. The number of carbonyl (C=O) groups excluding carboxylic acids is 1. The van der Waals surface area contributed by atoms with Gasteiger partial charge < -0.3 is 15.7 Å². The van der Waals surface area contributed by atoms with Gasteiger partial charge in [0.15, 0.2) is 0 Å². The Kier molecular flexibility index (Phi) is 6.69. The molecular formula is C17H28N2O2. The SMILES string of the molecule is CCN(C(=O)C(CN)CC(C)C)C(C)c1cccc(O)c1. The molecule has 4 nitrogen and oxygen atoms in total. The lowest BCUT2D eigenvalue weighted by molar-refractivity contribution is -0.137. The molecule has 0 radical (unpaired) electrons. The van der Waals surface area contributed by atoms with Crippen molar-refractivity contribution in [1.29, 1.82) is 0 Å². The lowest BCUT2D eigenvalue weighted by Gasteiger charge is -2.32. The number of amides is 1. The summed E-state index contributed by atoms with van der Waals surface area (Å²) >= 11 is 0. The van der Waals surface area contributed by atoms with Gasteiger partial charge in [0.05, 0.1) is 12.0 Å². The summed E-state index contributed by atoms with van der Waals surface area (Å²) in [6, 6.07) is 7.00. The van der Waals surface area contributed by atoms with Crippen molar-refractivity contribution < 1.29 is 9.90 Å². The number of benzene rings is 1. The molecule has 2 atom stereocenters. The number of hydrogen-bond donors (Lipinski definition) is 2. The standard InChI is InChI=1S/C17H28N2O2/c1-5-19(17(21)15(11-18)9-12(2)3)13(4)14-7-6-8-16(20)10-14/h6-8,10,12-13,15,20H,5,9,11,18H2,1-4H3. The maximum atomic E-state index is 12.7. The largest absolute Gasteiger partial charge is 0.508 e. The molecule has 0 fully saturated rings. The smallest absolute Gasteiger partial charge is 0.227 e. The van der Waals surface area contributed by atoms with E-state index in [1.54, 1.807) is 18.2 Å². The van der Waals surface area contributed by atoms with Crippen LogP contribution in [0.25, 0.3) is 0 Å². The Balaban J connectivity index is 2.92. The minimum atomic E-state index is -0.135. The first-order valence-corrected chi connectivity index (χ1v) is 7.70. The van der Waals surface area contributed by atoms with Crippen LogP contribution in [0.5, 0.6) is 5.75 Å². The van der Waals surface area contributed by atoms with E-state index in [9.17, 15) is 9.90 Å². The van der Waals surface area contributed by atoms with E-state index in [1.807, 2.05) is 24.8 Å². The number of nitrogens with zero attached hydrogens (tertiary/aromatic N) is 1. The number of phenolic OH excluding ortho intramolecular Hbond substituents is 1. The van der Waals surface area contributed by atoms with Gasteiger partial charge in [-0.05, 0) is 43.9 Å². The Morgan fingerprint density at radius 1 is 1.33 bits per heavy atom. The number of phenols is 1. The van der Waals surface area contributed by atoms with E-state index in [2.05, 4.69) is 13.8 Å². The molecular weight excluding hydrogens is 264 g/mol. The fraction of sp³-hybridized carbons (Fsp3) is 0.588. The van der Waals surface area contributed by atoms with Crippen LogP contribution in [-0.4, -0.2) is 29.0 Å². The molecule has 0 aromatic heterocycles. The second-order valence-corrected chi connectivity index (χ2v) is 5.96. The Morgan fingerprint density at radius 3 is 2.48 bits per heavy atom. The summed E-state index contributed by atoms with van der Waals surface area (Å²) in [4.78, 5) is 14.6. The minimum absolute atomic E-state index is 0.0733. The number of carbonyl (C=O) groups is 1. The van der Waals surface area contributed by atoms with Crippen molar-refractivity contribution in [3.8, 4) is 5.75 Å². The molecule has 0 heterocycles. The van der Waals surface area contributed by atoms with Gasteiger partial charge in [0, 0.05) is 13.1 Å². The first-order chi connectivity index (χ1) is 9.90. The average Bonchev–Trinajstić information content (AvgIpc) is 2.44. The highest BCUT2D eigenvalue weighted by molar-refractivity contribution is 5.79. The molecule has 0 saturated carbocycles. The van der Waals surface area contributed by atoms with E-state index in [0.717, 1.165) is 12.0 Å². The molecule has 1 aromatic rings. The highest BCUT2D eigenvalue weighted by Gasteiger charge is 2.27. The first kappa shape index (κ1) is 17.5. The van der Waals surface area contributed by atoms with Crippen LogP contribution in [-0.2, 0) is 4.79 Å². The fourth-order valence-electron chi connectivity index (χ4n) is 2.69. The van der Waals surface area contributed by atoms with E-state index in [4.69, 9.17) is 5.73 Å². The molecule has 0 saturated heterocycles. The molecule has 0 aliphatic carbocycles. The van der Waals surface area contributed by atoms with Crippen molar-refractivity contribution in [3.63, 3.8) is 0 Å². The van der Waals surface area contributed by atoms with Crippen LogP contribution in [0.1, 0.15) is 45.7 Å². The summed E-state index contributed by atoms with van der Waals surface area (Å²) in [5, 5.41) is 9.61. The third-order valence-electron chi connectivity index (χ3n) is 3.83. The van der Waals surface area contributed by atoms with Gasteiger partial charge >= 0.3 is 0 Å². The molecule has 1 amide bonds. The van der Waals surface area contributed by atoms with Crippen LogP contribution < -0.4 is 5.73 Å². The maximum Gasteiger partial charge on any atom is 0.227 e. The summed E-state index contributed by atoms with van der Waals surface area (Å²) in [6.45, 7) is 9.17. The summed E-state index contributed by atoms with van der Waals surface area (Å²) in [7, 11) is 0. The van der Waals surface area contributed by atoms with E-state index in [1.165, 1.54) is 0 Å². The molecule has 21 heavy (non-hydrogen) atoms. The van der Waals surface area contributed by atoms with E-state index >= 15 is 0 Å². The number of aromatic hydroxyl groups is 1. The van der Waals surface area contributed by atoms with Crippen LogP contribution >= 0.6 is 0 Å². The van der Waals surface area contributed by atoms with Gasteiger partial charge in [-0.15, -0.1) is 0 Å². The highest BCUT2D eigenvalue weighted by atomic mass is 16.3. The molecule has 2 unspecified atom stereocenters. The van der Waals surface area contributed by atoms with Crippen molar-refractivity contribution in [2.75, 3.05) is 13.1 Å². The molecule has 0 aliphatic rings. The summed E-state index contributed by atoms with van der Waals surface area (Å²) < 4.78 is 0. The van der Waals surface area contributed by atoms with Crippen LogP contribution in [0.15, 0.2) is 24.3 Å². The minimum Gasteiger partial charge on any atom is -0.508 e. The zero-order chi connectivity index (χ0) is 16.0. The van der Waals surface area contributed by atoms with Gasteiger partial charge in [-0.3, -0.25) is 4.79 Å². The Bertz CT molecular complexity index is 460. The van der Waals surface area contributed by atoms with Gasteiger partial charge in [-0.1, -0.05) is 26.0 Å². The Labute approximate surface area is 128 Å². The van der Waals surface area contributed by atoms with E-state index in [-0.39, 0.29) is 23.6 Å². The average molecular weight is 292 g/mol. The molecule has 4 heteroatoms. The van der Waals surface area contributed by atoms with Crippen molar-refractivity contribution in [3.05, 3.63) is 29.8 Å². The second kappa shape index (κ2) is 8.03. The zero-order valence-corrected chi connectivity index (χ0v) is 13.5. The fourth-order valence-corrected chi connectivity index (χ4v) is 2.69. The quantitative estimate of drug-likeness (QED) is 0.812. The first-order valence-electron chi connectivity index (χ1n) is 7.70. The lowest BCUT2D eigenvalue weighted by Crippen LogP contribution is -2.41. The van der Waals surface area contributed by atoms with Gasteiger partial charge in [0.25, 0.3) is 0 Å². The Hall–Kier alpha value is -1.55. The predicted octanol–water partition coefficient (Wildman–Crippen LogP) is 2.92. The molecule has 3 N–H and O–H groups in total. The van der Waals surface area contributed by atoms with Crippen molar-refractivity contribution in [2.45, 2.75) is 40.2 Å². The lowest BCUT2D eigenvalue weighted by atomic mass is 9.94. The third-order valence-corrected chi connectivity index (χ3v) is 3.83. The van der Waals surface area contributed by atoms with Crippen molar-refractivity contribution in [2.24, 2.45) is 17.6 Å². The topological polar surface area (TPSA) is 66.6 Å². The van der Waals surface area contributed by atoms with Crippen LogP contribution in [0.3, 0.4) is 0 Å². The summed E-state index contributed by atoms with van der Waals surface area (Å²) in [5.74, 6) is 0.631. The van der Waals surface area contributed by atoms with Gasteiger partial charge in [-0.2, -0.15) is 0 Å². The van der Waals surface area contributed by atoms with Gasteiger partial charge in [-0.25, -0.2) is 0 Å². The molecule has 0 bridgehead atoms. The normalized spacial score (nSPS) is 14.0. The van der Waals surface area contributed by atoms with Gasteiger partial charge in [0.2, 0.25) is 5.91 Å². The van der Waals surface area contributed by atoms with Crippen LogP contribution in [0, 0.1) is 11.8 Å². The second-order valence-electron chi connectivity index (χ2n) is 5.96. The molecule has 118 valence electrons. The number of hydrogen-bond acceptors (Lipinski definition) is 3. The monoisotopic (exact) mass is 292 g/mol. The predicted molar refractivity (Wildman–Crippen MR) is 85.9 cm³/mol. The number of nitrogens with two attached hydrogens (primary N) is 1. The third kappa shape index (κ3) is 4.74. The number of rotatable bonds is 7. The summed E-state index contributed by atoms with van der Waals surface area (Å²) in [6.07, 6.45) is 0.804. The molecule has 1 aromatic carbocycles. The van der Waals surface area contributed by atoms with Crippen molar-refractivity contribution >= 4 is 5.91 Å². The van der Waals surface area contributed by atoms with Crippen LogP contribution in [0.2, 0.25) is 0 Å². The van der Waals surface area contributed by atoms with Crippen molar-refractivity contribution in [1.82, 2.24) is 4.90 Å². The highest BCUT2D eigenvalue weighted by Crippen LogP contribution is 2.26.